The largest absolute Gasteiger partial charge is 0.321 e. The van der Waals surface area contributed by atoms with Gasteiger partial charge in [0.15, 0.2) is 0 Å². The number of rotatable bonds is 1. The molecule has 1 heteroatoms. The zero-order chi connectivity index (χ0) is 12.6. The van der Waals surface area contributed by atoms with E-state index >= 15 is 0 Å². The number of nitrogens with two attached hydrogens (primary N) is 1. The molecule has 1 aromatic rings. The van der Waals surface area contributed by atoms with E-state index in [0.29, 0.717) is 5.92 Å². The molecule has 2 atom stereocenters. The SMILES string of the molecule is Cc1cc(C)c(C2(N)CCCCC2C)cc1C. The van der Waals surface area contributed by atoms with Crippen LogP contribution in [0.2, 0.25) is 0 Å². The van der Waals surface area contributed by atoms with E-state index in [1.807, 2.05) is 0 Å². The average molecular weight is 231 g/mol. The Bertz CT molecular complexity index is 422. The van der Waals surface area contributed by atoms with Crippen molar-refractivity contribution in [3.8, 4) is 0 Å². The summed E-state index contributed by atoms with van der Waals surface area (Å²) < 4.78 is 0. The van der Waals surface area contributed by atoms with Crippen molar-refractivity contribution in [1.29, 1.82) is 0 Å². The molecule has 1 aliphatic rings. The fourth-order valence-corrected chi connectivity index (χ4v) is 3.23. The zero-order valence-corrected chi connectivity index (χ0v) is 11.6. The lowest BCUT2D eigenvalue weighted by atomic mass is 9.69. The summed E-state index contributed by atoms with van der Waals surface area (Å²) in [5, 5.41) is 0. The van der Waals surface area contributed by atoms with Crippen LogP contribution in [0.25, 0.3) is 0 Å². The maximum absolute atomic E-state index is 6.74. The van der Waals surface area contributed by atoms with E-state index in [1.165, 1.54) is 41.5 Å². The van der Waals surface area contributed by atoms with Gasteiger partial charge >= 0.3 is 0 Å². The molecule has 1 saturated carbocycles. The van der Waals surface area contributed by atoms with E-state index in [0.717, 1.165) is 6.42 Å². The molecule has 1 nitrogen and oxygen atoms in total. The van der Waals surface area contributed by atoms with E-state index in [2.05, 4.69) is 39.8 Å². The summed E-state index contributed by atoms with van der Waals surface area (Å²) in [7, 11) is 0. The highest BCUT2D eigenvalue weighted by Crippen LogP contribution is 2.41. The first-order valence-corrected chi connectivity index (χ1v) is 6.82. The number of hydrogen-bond donors (Lipinski definition) is 1. The molecule has 2 unspecified atom stereocenters. The van der Waals surface area contributed by atoms with Gasteiger partial charge in [0.1, 0.15) is 0 Å². The molecule has 0 aliphatic heterocycles. The quantitative estimate of drug-likeness (QED) is 0.777. The van der Waals surface area contributed by atoms with Gasteiger partial charge in [0.2, 0.25) is 0 Å². The van der Waals surface area contributed by atoms with Crippen LogP contribution in [0.15, 0.2) is 12.1 Å². The zero-order valence-electron chi connectivity index (χ0n) is 11.6. The summed E-state index contributed by atoms with van der Waals surface area (Å²) in [5.74, 6) is 0.594. The Morgan fingerprint density at radius 2 is 1.71 bits per heavy atom. The van der Waals surface area contributed by atoms with Crippen LogP contribution in [0.5, 0.6) is 0 Å². The van der Waals surface area contributed by atoms with Crippen molar-refractivity contribution in [2.45, 2.75) is 58.9 Å². The van der Waals surface area contributed by atoms with Crippen LogP contribution in [0.4, 0.5) is 0 Å². The van der Waals surface area contributed by atoms with Gasteiger partial charge < -0.3 is 5.73 Å². The van der Waals surface area contributed by atoms with Crippen LogP contribution < -0.4 is 5.73 Å². The Balaban J connectivity index is 2.48. The number of benzene rings is 1. The maximum Gasteiger partial charge on any atom is 0.0438 e. The van der Waals surface area contributed by atoms with Gasteiger partial charge in [-0.3, -0.25) is 0 Å². The lowest BCUT2D eigenvalue weighted by Crippen LogP contribution is -2.45. The summed E-state index contributed by atoms with van der Waals surface area (Å²) in [6, 6.07) is 4.62. The third-order valence-electron chi connectivity index (χ3n) is 4.70. The Hall–Kier alpha value is -0.820. The van der Waals surface area contributed by atoms with Gasteiger partial charge in [-0.25, -0.2) is 0 Å². The second-order valence-corrected chi connectivity index (χ2v) is 5.94. The van der Waals surface area contributed by atoms with Crippen LogP contribution in [0, 0.1) is 26.7 Å². The van der Waals surface area contributed by atoms with Crippen molar-refractivity contribution in [3.05, 3.63) is 34.4 Å². The topological polar surface area (TPSA) is 26.0 Å². The van der Waals surface area contributed by atoms with Crippen molar-refractivity contribution in [2.75, 3.05) is 0 Å². The van der Waals surface area contributed by atoms with Crippen LogP contribution in [0.3, 0.4) is 0 Å². The van der Waals surface area contributed by atoms with E-state index in [9.17, 15) is 0 Å². The molecule has 2 rings (SSSR count). The van der Waals surface area contributed by atoms with Gasteiger partial charge in [0, 0.05) is 5.54 Å². The lowest BCUT2D eigenvalue weighted by molar-refractivity contribution is 0.206. The van der Waals surface area contributed by atoms with Gasteiger partial charge in [-0.05, 0) is 61.8 Å². The highest BCUT2D eigenvalue weighted by molar-refractivity contribution is 5.41. The molecule has 17 heavy (non-hydrogen) atoms. The Labute approximate surface area is 105 Å². The second-order valence-electron chi connectivity index (χ2n) is 5.94. The second kappa shape index (κ2) is 4.45. The minimum Gasteiger partial charge on any atom is -0.321 e. The third kappa shape index (κ3) is 2.13. The van der Waals surface area contributed by atoms with Gasteiger partial charge in [-0.15, -0.1) is 0 Å². The van der Waals surface area contributed by atoms with Crippen LogP contribution in [0.1, 0.15) is 54.9 Å². The normalized spacial score (nSPS) is 29.4. The van der Waals surface area contributed by atoms with E-state index in [4.69, 9.17) is 5.73 Å². The molecule has 0 heterocycles. The van der Waals surface area contributed by atoms with Gasteiger partial charge in [-0.1, -0.05) is 31.9 Å². The van der Waals surface area contributed by atoms with Crippen molar-refractivity contribution in [3.63, 3.8) is 0 Å². The van der Waals surface area contributed by atoms with Crippen molar-refractivity contribution in [2.24, 2.45) is 11.7 Å². The average Bonchev–Trinajstić information content (AvgIpc) is 2.27. The van der Waals surface area contributed by atoms with E-state index < -0.39 is 0 Å². The Morgan fingerprint density at radius 3 is 2.35 bits per heavy atom. The first kappa shape index (κ1) is 12.6. The summed E-state index contributed by atoms with van der Waals surface area (Å²) >= 11 is 0. The van der Waals surface area contributed by atoms with Gasteiger partial charge in [0.05, 0.1) is 0 Å². The molecule has 1 fully saturated rings. The Kier molecular flexibility index (Phi) is 3.31. The minimum atomic E-state index is -0.0964. The molecule has 0 bridgehead atoms. The predicted molar refractivity (Wildman–Crippen MR) is 74.2 cm³/mol. The van der Waals surface area contributed by atoms with Crippen LogP contribution in [-0.4, -0.2) is 0 Å². The monoisotopic (exact) mass is 231 g/mol. The summed E-state index contributed by atoms with van der Waals surface area (Å²) in [6.07, 6.45) is 5.01. The van der Waals surface area contributed by atoms with Crippen molar-refractivity contribution >= 4 is 0 Å². The predicted octanol–water partition coefficient (Wildman–Crippen LogP) is 3.98. The Morgan fingerprint density at radius 1 is 1.06 bits per heavy atom. The van der Waals surface area contributed by atoms with Gasteiger partial charge in [-0.2, -0.15) is 0 Å². The van der Waals surface area contributed by atoms with E-state index in [-0.39, 0.29) is 5.54 Å². The minimum absolute atomic E-state index is 0.0964. The first-order valence-electron chi connectivity index (χ1n) is 6.82. The molecule has 2 N–H and O–H groups in total. The highest BCUT2D eigenvalue weighted by atomic mass is 14.8. The van der Waals surface area contributed by atoms with Crippen LogP contribution >= 0.6 is 0 Å². The fraction of sp³-hybridized carbons (Fsp3) is 0.625. The number of aryl methyl sites for hydroxylation is 3. The van der Waals surface area contributed by atoms with Crippen LogP contribution in [-0.2, 0) is 5.54 Å². The van der Waals surface area contributed by atoms with Crippen molar-refractivity contribution in [1.82, 2.24) is 0 Å². The molecule has 0 spiro atoms. The molecule has 1 aromatic carbocycles. The van der Waals surface area contributed by atoms with Gasteiger partial charge in [0.25, 0.3) is 0 Å². The summed E-state index contributed by atoms with van der Waals surface area (Å²) in [5.41, 5.74) is 12.1. The molecular weight excluding hydrogens is 206 g/mol. The summed E-state index contributed by atoms with van der Waals surface area (Å²) in [6.45, 7) is 8.89. The summed E-state index contributed by atoms with van der Waals surface area (Å²) in [4.78, 5) is 0. The fourth-order valence-electron chi connectivity index (χ4n) is 3.23. The van der Waals surface area contributed by atoms with Crippen molar-refractivity contribution < 1.29 is 0 Å². The molecule has 0 amide bonds. The molecule has 0 radical (unpaired) electrons. The molecular formula is C16H25N. The molecule has 0 saturated heterocycles. The molecule has 0 aromatic heterocycles. The first-order chi connectivity index (χ1) is 7.95. The van der Waals surface area contributed by atoms with E-state index in [1.54, 1.807) is 0 Å². The maximum atomic E-state index is 6.74. The smallest absolute Gasteiger partial charge is 0.0438 e. The standard InChI is InChI=1S/C16H25N/c1-11-9-13(3)15(10-12(11)2)16(17)8-6-5-7-14(16)4/h9-10,14H,5-8,17H2,1-4H3. The number of hydrogen-bond acceptors (Lipinski definition) is 1. The highest BCUT2D eigenvalue weighted by Gasteiger charge is 2.36. The third-order valence-corrected chi connectivity index (χ3v) is 4.70. The molecule has 1 aliphatic carbocycles. The molecule has 94 valence electrons. The lowest BCUT2D eigenvalue weighted by Gasteiger charge is -2.41.